The van der Waals surface area contributed by atoms with E-state index >= 15 is 0 Å². The number of esters is 1. The molecule has 7 heteroatoms. The van der Waals surface area contributed by atoms with Crippen molar-refractivity contribution in [2.75, 3.05) is 6.61 Å². The Balaban J connectivity index is 2.83. The van der Waals surface area contributed by atoms with Gasteiger partial charge in [-0.05, 0) is 6.92 Å². The fourth-order valence-corrected chi connectivity index (χ4v) is 0.691. The highest BCUT2D eigenvalue weighted by atomic mass is 19.4. The van der Waals surface area contributed by atoms with Crippen LogP contribution in [0.2, 0.25) is 0 Å². The summed E-state index contributed by atoms with van der Waals surface area (Å²) >= 11 is 0. The lowest BCUT2D eigenvalue weighted by Gasteiger charge is -1.98. The average Bonchev–Trinajstić information content (AvgIpc) is 2.51. The van der Waals surface area contributed by atoms with E-state index in [2.05, 4.69) is 14.1 Å². The maximum absolute atomic E-state index is 12.0. The minimum atomic E-state index is -4.62. The van der Waals surface area contributed by atoms with Gasteiger partial charge in [-0.1, -0.05) is 0 Å². The monoisotopic (exact) mass is 209 g/mol. The molecular weight excluding hydrogens is 203 g/mol. The molecule has 0 saturated carbocycles. The summed E-state index contributed by atoms with van der Waals surface area (Å²) in [4.78, 5) is 13.8. The van der Waals surface area contributed by atoms with Crippen molar-refractivity contribution in [2.24, 2.45) is 0 Å². The highest BCUT2D eigenvalue weighted by Gasteiger charge is 2.35. The summed E-state index contributed by atoms with van der Waals surface area (Å²) < 4.78 is 44.6. The van der Waals surface area contributed by atoms with Crippen LogP contribution in [-0.2, 0) is 10.9 Å². The first-order valence-corrected chi connectivity index (χ1v) is 3.65. The molecule has 1 aromatic rings. The number of rotatable bonds is 2. The zero-order chi connectivity index (χ0) is 10.8. The quantitative estimate of drug-likeness (QED) is 0.697. The number of carbonyl (C=O) groups is 1. The first-order valence-electron chi connectivity index (χ1n) is 3.65. The maximum Gasteiger partial charge on any atom is 0.436 e. The molecule has 0 spiro atoms. The second kappa shape index (κ2) is 3.69. The maximum atomic E-state index is 12.0. The molecule has 0 aliphatic carbocycles. The van der Waals surface area contributed by atoms with Gasteiger partial charge in [0.1, 0.15) is 6.26 Å². The number of ether oxygens (including phenoxy) is 1. The van der Waals surface area contributed by atoms with E-state index in [1.165, 1.54) is 6.92 Å². The summed E-state index contributed by atoms with van der Waals surface area (Å²) in [6.45, 7) is 1.56. The number of nitrogens with zero attached hydrogens (tertiary/aromatic N) is 1. The molecule has 4 nitrogen and oxygen atoms in total. The molecule has 0 aliphatic heterocycles. The Kier molecular flexibility index (Phi) is 2.78. The second-order valence-electron chi connectivity index (χ2n) is 2.26. The highest BCUT2D eigenvalue weighted by molar-refractivity contribution is 5.84. The van der Waals surface area contributed by atoms with Gasteiger partial charge in [-0.15, -0.1) is 0 Å². The lowest BCUT2D eigenvalue weighted by molar-refractivity contribution is -0.141. The molecule has 78 valence electrons. The Bertz CT molecular complexity index is 331. The van der Waals surface area contributed by atoms with E-state index in [0.717, 1.165) is 0 Å². The molecule has 0 saturated heterocycles. The number of hydrogen-bond acceptors (Lipinski definition) is 4. The van der Waals surface area contributed by atoms with Gasteiger partial charge in [0.15, 0.2) is 5.69 Å². The minimum absolute atomic E-state index is 0.0442. The smallest absolute Gasteiger partial charge is 0.436 e. The predicted octanol–water partition coefficient (Wildman–Crippen LogP) is 1.87. The van der Waals surface area contributed by atoms with Crippen molar-refractivity contribution in [3.8, 4) is 0 Å². The van der Waals surface area contributed by atoms with Crippen molar-refractivity contribution in [2.45, 2.75) is 13.1 Å². The minimum Gasteiger partial charge on any atom is -0.459 e. The van der Waals surface area contributed by atoms with E-state index in [-0.39, 0.29) is 6.61 Å². The summed E-state index contributed by atoms with van der Waals surface area (Å²) in [5, 5.41) is 0. The van der Waals surface area contributed by atoms with Gasteiger partial charge in [-0.25, -0.2) is 4.79 Å². The number of halogens is 3. The molecule has 1 heterocycles. The van der Waals surface area contributed by atoms with Crippen LogP contribution in [0, 0.1) is 0 Å². The molecule has 0 radical (unpaired) electrons. The fourth-order valence-electron chi connectivity index (χ4n) is 0.691. The molecular formula is C7H6F3NO3. The van der Waals surface area contributed by atoms with Crippen LogP contribution in [0.15, 0.2) is 10.7 Å². The lowest BCUT2D eigenvalue weighted by Crippen LogP contribution is -2.08. The van der Waals surface area contributed by atoms with Crippen LogP contribution in [0.1, 0.15) is 23.3 Å². The molecule has 14 heavy (non-hydrogen) atoms. The summed E-state index contributed by atoms with van der Waals surface area (Å²) in [5.74, 6) is -1.71. The van der Waals surface area contributed by atoms with Crippen LogP contribution in [-0.4, -0.2) is 17.6 Å². The van der Waals surface area contributed by atoms with Crippen LogP contribution in [0.25, 0.3) is 0 Å². The van der Waals surface area contributed by atoms with E-state index in [9.17, 15) is 18.0 Å². The SMILES string of the molecule is CCOC(=O)c1nc(C(F)(F)F)co1. The Hall–Kier alpha value is -1.53. The number of alkyl halides is 3. The van der Waals surface area contributed by atoms with Gasteiger partial charge in [-0.3, -0.25) is 0 Å². The van der Waals surface area contributed by atoms with Gasteiger partial charge in [0, 0.05) is 0 Å². The molecule has 0 bridgehead atoms. The van der Waals surface area contributed by atoms with E-state index < -0.39 is 23.7 Å². The van der Waals surface area contributed by atoms with Crippen LogP contribution in [0.5, 0.6) is 0 Å². The zero-order valence-electron chi connectivity index (χ0n) is 7.09. The van der Waals surface area contributed by atoms with Gasteiger partial charge in [0.05, 0.1) is 6.61 Å². The van der Waals surface area contributed by atoms with Gasteiger partial charge in [0.25, 0.3) is 0 Å². The fraction of sp³-hybridized carbons (Fsp3) is 0.429. The van der Waals surface area contributed by atoms with Gasteiger partial charge in [0.2, 0.25) is 0 Å². The van der Waals surface area contributed by atoms with Gasteiger partial charge < -0.3 is 9.15 Å². The third-order valence-corrected chi connectivity index (χ3v) is 1.24. The molecule has 1 rings (SSSR count). The average molecular weight is 209 g/mol. The predicted molar refractivity (Wildman–Crippen MR) is 37.5 cm³/mol. The van der Waals surface area contributed by atoms with E-state index in [0.29, 0.717) is 6.26 Å². The summed E-state index contributed by atoms with van der Waals surface area (Å²) in [6.07, 6.45) is -4.25. The normalized spacial score (nSPS) is 11.4. The molecule has 0 aromatic carbocycles. The van der Waals surface area contributed by atoms with Crippen molar-refractivity contribution in [3.63, 3.8) is 0 Å². The highest BCUT2D eigenvalue weighted by Crippen LogP contribution is 2.28. The Labute approximate surface area is 76.7 Å². The van der Waals surface area contributed by atoms with E-state index in [1.54, 1.807) is 0 Å². The van der Waals surface area contributed by atoms with Gasteiger partial charge >= 0.3 is 18.0 Å². The molecule has 0 N–H and O–H groups in total. The number of hydrogen-bond donors (Lipinski definition) is 0. The van der Waals surface area contributed by atoms with Crippen molar-refractivity contribution >= 4 is 5.97 Å². The van der Waals surface area contributed by atoms with Crippen LogP contribution in [0.3, 0.4) is 0 Å². The molecule has 0 fully saturated rings. The largest absolute Gasteiger partial charge is 0.459 e. The second-order valence-corrected chi connectivity index (χ2v) is 2.26. The topological polar surface area (TPSA) is 52.3 Å². The third kappa shape index (κ3) is 2.24. The van der Waals surface area contributed by atoms with Gasteiger partial charge in [-0.2, -0.15) is 18.2 Å². The van der Waals surface area contributed by atoms with Crippen molar-refractivity contribution in [1.29, 1.82) is 0 Å². The van der Waals surface area contributed by atoms with Crippen LogP contribution in [0.4, 0.5) is 13.2 Å². The number of oxazole rings is 1. The van der Waals surface area contributed by atoms with Crippen molar-refractivity contribution < 1.29 is 27.1 Å². The summed E-state index contributed by atoms with van der Waals surface area (Å²) in [6, 6.07) is 0. The number of carbonyl (C=O) groups excluding carboxylic acids is 1. The third-order valence-electron chi connectivity index (χ3n) is 1.24. The summed E-state index contributed by atoms with van der Waals surface area (Å²) in [7, 11) is 0. The first kappa shape index (κ1) is 10.6. The molecule has 0 atom stereocenters. The lowest BCUT2D eigenvalue weighted by atomic mass is 10.5. The van der Waals surface area contributed by atoms with Crippen LogP contribution >= 0.6 is 0 Å². The first-order chi connectivity index (χ1) is 6.45. The van der Waals surface area contributed by atoms with E-state index in [1.807, 2.05) is 0 Å². The molecule has 1 aromatic heterocycles. The molecule has 0 amide bonds. The zero-order valence-corrected chi connectivity index (χ0v) is 7.09. The molecule has 0 unspecified atom stereocenters. The van der Waals surface area contributed by atoms with Crippen LogP contribution < -0.4 is 0 Å². The Morgan fingerprint density at radius 2 is 2.29 bits per heavy atom. The number of aromatic nitrogens is 1. The molecule has 0 aliphatic rings. The standard InChI is InChI=1S/C7H6F3NO3/c1-2-13-6(12)5-11-4(3-14-5)7(8,9)10/h3H,2H2,1H3. The Morgan fingerprint density at radius 1 is 1.64 bits per heavy atom. The van der Waals surface area contributed by atoms with Crippen molar-refractivity contribution in [1.82, 2.24) is 4.98 Å². The van der Waals surface area contributed by atoms with E-state index in [4.69, 9.17) is 0 Å². The Morgan fingerprint density at radius 3 is 2.71 bits per heavy atom. The summed E-state index contributed by atoms with van der Waals surface area (Å²) in [5.41, 5.74) is -1.25. The van der Waals surface area contributed by atoms with Crippen molar-refractivity contribution in [3.05, 3.63) is 17.8 Å².